The predicted octanol–water partition coefficient (Wildman–Crippen LogP) is 2.99. The minimum atomic E-state index is -4.69. The highest BCUT2D eigenvalue weighted by molar-refractivity contribution is 5.48. The van der Waals surface area contributed by atoms with E-state index in [-0.39, 0.29) is 5.75 Å². The van der Waals surface area contributed by atoms with Gasteiger partial charge in [0.25, 0.3) is 0 Å². The Hall–Kier alpha value is -2.31. The van der Waals surface area contributed by atoms with Crippen molar-refractivity contribution in [3.63, 3.8) is 0 Å². The standard InChI is InChI=1S/C12H10F3N3O/c13-12(14,15)19-11-3-1-2-9(6-11)18-8-10-7-16-4-5-17-10/h1-7,18H,8H2. The van der Waals surface area contributed by atoms with Crippen molar-refractivity contribution in [3.8, 4) is 5.75 Å². The summed E-state index contributed by atoms with van der Waals surface area (Å²) in [4.78, 5) is 7.93. The number of hydrogen-bond donors (Lipinski definition) is 1. The van der Waals surface area contributed by atoms with Gasteiger partial charge < -0.3 is 10.1 Å². The molecule has 2 rings (SSSR count). The van der Waals surface area contributed by atoms with Crippen LogP contribution in [0.4, 0.5) is 18.9 Å². The van der Waals surface area contributed by atoms with Gasteiger partial charge in [0.15, 0.2) is 0 Å². The van der Waals surface area contributed by atoms with Gasteiger partial charge in [-0.15, -0.1) is 13.2 Å². The number of alkyl halides is 3. The lowest BCUT2D eigenvalue weighted by Gasteiger charge is -2.11. The van der Waals surface area contributed by atoms with Gasteiger partial charge in [-0.3, -0.25) is 9.97 Å². The molecule has 0 saturated carbocycles. The summed E-state index contributed by atoms with van der Waals surface area (Å²) in [5, 5.41) is 2.94. The van der Waals surface area contributed by atoms with E-state index in [1.54, 1.807) is 24.7 Å². The Kier molecular flexibility index (Phi) is 3.84. The fourth-order valence-corrected chi connectivity index (χ4v) is 1.42. The Morgan fingerprint density at radius 1 is 1.21 bits per heavy atom. The Morgan fingerprint density at radius 3 is 2.74 bits per heavy atom. The summed E-state index contributed by atoms with van der Waals surface area (Å²) in [6, 6.07) is 5.62. The Bertz CT molecular complexity index is 531. The van der Waals surface area contributed by atoms with Crippen LogP contribution in [0.25, 0.3) is 0 Å². The van der Waals surface area contributed by atoms with E-state index in [1.165, 1.54) is 18.2 Å². The largest absolute Gasteiger partial charge is 0.573 e. The molecule has 4 nitrogen and oxygen atoms in total. The average Bonchev–Trinajstić information content (AvgIpc) is 2.36. The summed E-state index contributed by atoms with van der Waals surface area (Å²) in [5.41, 5.74) is 1.19. The molecule has 0 atom stereocenters. The highest BCUT2D eigenvalue weighted by atomic mass is 19.4. The molecule has 1 heterocycles. The van der Waals surface area contributed by atoms with Crippen molar-refractivity contribution in [3.05, 3.63) is 48.5 Å². The van der Waals surface area contributed by atoms with Crippen LogP contribution in [0.15, 0.2) is 42.9 Å². The van der Waals surface area contributed by atoms with E-state index >= 15 is 0 Å². The van der Waals surface area contributed by atoms with E-state index < -0.39 is 6.36 Å². The first kappa shape index (κ1) is 13.1. The zero-order valence-electron chi connectivity index (χ0n) is 9.69. The molecule has 19 heavy (non-hydrogen) atoms. The molecule has 0 radical (unpaired) electrons. The van der Waals surface area contributed by atoms with Gasteiger partial charge in [0.2, 0.25) is 0 Å². The molecule has 0 bridgehead atoms. The van der Waals surface area contributed by atoms with Gasteiger partial charge >= 0.3 is 6.36 Å². The normalized spacial score (nSPS) is 11.1. The molecule has 1 aromatic carbocycles. The maximum absolute atomic E-state index is 12.1. The first-order valence-electron chi connectivity index (χ1n) is 5.37. The average molecular weight is 269 g/mol. The van der Waals surface area contributed by atoms with Crippen LogP contribution in [-0.2, 0) is 6.54 Å². The summed E-state index contributed by atoms with van der Waals surface area (Å²) < 4.78 is 40.0. The number of nitrogens with one attached hydrogen (secondary N) is 1. The van der Waals surface area contributed by atoms with E-state index in [2.05, 4.69) is 20.0 Å². The molecule has 2 aromatic rings. The molecule has 1 aromatic heterocycles. The number of nitrogens with zero attached hydrogens (tertiary/aromatic N) is 2. The molecule has 1 N–H and O–H groups in total. The van der Waals surface area contributed by atoms with Gasteiger partial charge in [0.1, 0.15) is 5.75 Å². The van der Waals surface area contributed by atoms with E-state index in [4.69, 9.17) is 0 Å². The topological polar surface area (TPSA) is 47.0 Å². The minimum Gasteiger partial charge on any atom is -0.406 e. The Labute approximate surface area is 107 Å². The second-order valence-corrected chi connectivity index (χ2v) is 3.63. The molecule has 0 fully saturated rings. The third-order valence-corrected chi connectivity index (χ3v) is 2.16. The molecule has 0 unspecified atom stereocenters. The molecule has 0 spiro atoms. The Balaban J connectivity index is 1.99. The summed E-state index contributed by atoms with van der Waals surface area (Å²) in [7, 11) is 0. The van der Waals surface area contributed by atoms with Crippen molar-refractivity contribution >= 4 is 5.69 Å². The number of benzene rings is 1. The third kappa shape index (κ3) is 4.46. The molecule has 0 aliphatic heterocycles. The summed E-state index contributed by atoms with van der Waals surface area (Å²) in [6.45, 7) is 0.364. The second-order valence-electron chi connectivity index (χ2n) is 3.63. The zero-order valence-corrected chi connectivity index (χ0v) is 9.69. The van der Waals surface area contributed by atoms with Crippen LogP contribution in [0.1, 0.15) is 5.69 Å². The van der Waals surface area contributed by atoms with Crippen molar-refractivity contribution in [2.24, 2.45) is 0 Å². The van der Waals surface area contributed by atoms with E-state index in [0.29, 0.717) is 17.9 Å². The van der Waals surface area contributed by atoms with Gasteiger partial charge in [0, 0.05) is 24.1 Å². The van der Waals surface area contributed by atoms with Gasteiger partial charge in [-0.05, 0) is 12.1 Å². The molecule has 0 aliphatic carbocycles. The first-order valence-corrected chi connectivity index (χ1v) is 5.37. The van der Waals surface area contributed by atoms with Crippen LogP contribution in [0, 0.1) is 0 Å². The third-order valence-electron chi connectivity index (χ3n) is 2.16. The lowest BCUT2D eigenvalue weighted by molar-refractivity contribution is -0.274. The van der Waals surface area contributed by atoms with E-state index in [9.17, 15) is 13.2 Å². The monoisotopic (exact) mass is 269 g/mol. The van der Waals surface area contributed by atoms with Crippen molar-refractivity contribution < 1.29 is 17.9 Å². The maximum atomic E-state index is 12.1. The molecule has 0 amide bonds. The molecular weight excluding hydrogens is 259 g/mol. The number of rotatable bonds is 4. The number of hydrogen-bond acceptors (Lipinski definition) is 4. The van der Waals surface area contributed by atoms with Crippen molar-refractivity contribution in [2.75, 3.05) is 5.32 Å². The van der Waals surface area contributed by atoms with E-state index in [1.807, 2.05) is 0 Å². The van der Waals surface area contributed by atoms with Gasteiger partial charge in [0.05, 0.1) is 18.4 Å². The fourth-order valence-electron chi connectivity index (χ4n) is 1.42. The van der Waals surface area contributed by atoms with Crippen LogP contribution in [0.2, 0.25) is 0 Å². The predicted molar refractivity (Wildman–Crippen MR) is 62.5 cm³/mol. The zero-order chi connectivity index (χ0) is 13.7. The molecule has 0 saturated heterocycles. The lowest BCUT2D eigenvalue weighted by Crippen LogP contribution is -2.17. The molecule has 0 aliphatic rings. The summed E-state index contributed by atoms with van der Waals surface area (Å²) in [5.74, 6) is -0.267. The smallest absolute Gasteiger partial charge is 0.406 e. The van der Waals surface area contributed by atoms with Gasteiger partial charge in [-0.2, -0.15) is 0 Å². The second kappa shape index (κ2) is 5.55. The van der Waals surface area contributed by atoms with Crippen LogP contribution < -0.4 is 10.1 Å². The minimum absolute atomic E-state index is 0.267. The maximum Gasteiger partial charge on any atom is 0.573 e. The molecule has 7 heteroatoms. The quantitative estimate of drug-likeness (QED) is 0.926. The van der Waals surface area contributed by atoms with E-state index in [0.717, 1.165) is 0 Å². The highest BCUT2D eigenvalue weighted by Gasteiger charge is 2.31. The number of halogens is 3. The van der Waals surface area contributed by atoms with Crippen molar-refractivity contribution in [2.45, 2.75) is 12.9 Å². The van der Waals surface area contributed by atoms with Crippen LogP contribution in [-0.4, -0.2) is 16.3 Å². The van der Waals surface area contributed by atoms with Crippen LogP contribution >= 0.6 is 0 Å². The van der Waals surface area contributed by atoms with Gasteiger partial charge in [-0.25, -0.2) is 0 Å². The fraction of sp³-hybridized carbons (Fsp3) is 0.167. The number of aromatic nitrogens is 2. The van der Waals surface area contributed by atoms with Crippen molar-refractivity contribution in [1.29, 1.82) is 0 Å². The lowest BCUT2D eigenvalue weighted by atomic mass is 10.3. The molecular formula is C12H10F3N3O. The number of anilines is 1. The summed E-state index contributed by atoms with van der Waals surface area (Å²) >= 11 is 0. The van der Waals surface area contributed by atoms with Crippen molar-refractivity contribution in [1.82, 2.24) is 9.97 Å². The highest BCUT2D eigenvalue weighted by Crippen LogP contribution is 2.25. The SMILES string of the molecule is FC(F)(F)Oc1cccc(NCc2cnccn2)c1. The number of ether oxygens (including phenoxy) is 1. The Morgan fingerprint density at radius 2 is 2.05 bits per heavy atom. The summed E-state index contributed by atoms with van der Waals surface area (Å²) in [6.07, 6.45) is -0.0336. The van der Waals surface area contributed by atoms with Crippen LogP contribution in [0.5, 0.6) is 5.75 Å². The first-order chi connectivity index (χ1) is 9.03. The van der Waals surface area contributed by atoms with Crippen LogP contribution in [0.3, 0.4) is 0 Å². The van der Waals surface area contributed by atoms with Gasteiger partial charge in [-0.1, -0.05) is 6.07 Å². The molecule has 100 valence electrons.